The van der Waals surface area contributed by atoms with E-state index in [-0.39, 0.29) is 0 Å². The summed E-state index contributed by atoms with van der Waals surface area (Å²) in [5.74, 6) is 1.89. The van der Waals surface area contributed by atoms with Crippen molar-refractivity contribution in [3.63, 3.8) is 0 Å². The molecule has 0 amide bonds. The molecule has 2 fully saturated rings. The molecule has 1 heterocycles. The first kappa shape index (κ1) is 10.2. The fraction of sp³-hybridized carbons (Fsp3) is 0.769. The third-order valence-electron chi connectivity index (χ3n) is 4.03. The lowest BCUT2D eigenvalue weighted by molar-refractivity contribution is 0.347. The van der Waals surface area contributed by atoms with Crippen molar-refractivity contribution in [2.75, 3.05) is 5.32 Å². The smallest absolute Gasteiger partial charge is 0.203 e. The predicted molar refractivity (Wildman–Crippen MR) is 65.5 cm³/mol. The quantitative estimate of drug-likeness (QED) is 0.846. The Morgan fingerprint density at radius 1 is 1.25 bits per heavy atom. The zero-order valence-corrected chi connectivity index (χ0v) is 10.0. The Morgan fingerprint density at radius 3 is 2.81 bits per heavy atom. The van der Waals surface area contributed by atoms with Gasteiger partial charge in [-0.1, -0.05) is 19.8 Å². The first-order valence-electron chi connectivity index (χ1n) is 6.64. The molecule has 0 radical (unpaired) electrons. The molecule has 0 saturated heterocycles. The topological polar surface area (TPSA) is 29.9 Å². The molecule has 2 aliphatic rings. The molecule has 0 bridgehead atoms. The zero-order valence-electron chi connectivity index (χ0n) is 10.0. The standard InChI is InChI=1S/C13H21N3/c1-10-4-2-3-5-12(10)15-13-14-8-9-16(13)11-6-7-11/h8-12H,2-7H2,1H3,(H,14,15). The minimum atomic E-state index is 0.633. The second kappa shape index (κ2) is 4.11. The summed E-state index contributed by atoms with van der Waals surface area (Å²) in [6.45, 7) is 2.36. The highest BCUT2D eigenvalue weighted by molar-refractivity contribution is 5.29. The highest BCUT2D eigenvalue weighted by Gasteiger charge is 2.27. The number of rotatable bonds is 3. The van der Waals surface area contributed by atoms with Gasteiger partial charge in [-0.2, -0.15) is 0 Å². The minimum Gasteiger partial charge on any atom is -0.353 e. The van der Waals surface area contributed by atoms with Gasteiger partial charge in [0.15, 0.2) is 0 Å². The molecular formula is C13H21N3. The molecule has 16 heavy (non-hydrogen) atoms. The van der Waals surface area contributed by atoms with Crippen LogP contribution in [-0.2, 0) is 0 Å². The third-order valence-corrected chi connectivity index (χ3v) is 4.03. The summed E-state index contributed by atoms with van der Waals surface area (Å²) in [6.07, 6.45) is 12.1. The summed E-state index contributed by atoms with van der Waals surface area (Å²) in [5.41, 5.74) is 0. The number of imidazole rings is 1. The highest BCUT2D eigenvalue weighted by Crippen LogP contribution is 2.37. The van der Waals surface area contributed by atoms with Crippen molar-refractivity contribution in [1.29, 1.82) is 0 Å². The van der Waals surface area contributed by atoms with Crippen LogP contribution in [0.2, 0.25) is 0 Å². The van der Waals surface area contributed by atoms with Gasteiger partial charge in [-0.15, -0.1) is 0 Å². The zero-order chi connectivity index (χ0) is 11.0. The van der Waals surface area contributed by atoms with E-state index in [1.807, 2.05) is 6.20 Å². The van der Waals surface area contributed by atoms with Gasteiger partial charge >= 0.3 is 0 Å². The average molecular weight is 219 g/mol. The normalized spacial score (nSPS) is 30.3. The van der Waals surface area contributed by atoms with Crippen LogP contribution in [0.1, 0.15) is 51.5 Å². The van der Waals surface area contributed by atoms with Crippen LogP contribution in [0, 0.1) is 5.92 Å². The SMILES string of the molecule is CC1CCCCC1Nc1nccn1C1CC1. The summed E-state index contributed by atoms with van der Waals surface area (Å²) in [4.78, 5) is 4.46. The number of aromatic nitrogens is 2. The molecule has 2 unspecified atom stereocenters. The van der Waals surface area contributed by atoms with Gasteiger partial charge in [0.05, 0.1) is 0 Å². The van der Waals surface area contributed by atoms with Crippen molar-refractivity contribution in [2.45, 2.75) is 57.5 Å². The van der Waals surface area contributed by atoms with E-state index in [1.54, 1.807) is 0 Å². The lowest BCUT2D eigenvalue weighted by Gasteiger charge is -2.30. The number of hydrogen-bond donors (Lipinski definition) is 1. The van der Waals surface area contributed by atoms with Crippen LogP contribution in [0.3, 0.4) is 0 Å². The molecule has 1 N–H and O–H groups in total. The summed E-state index contributed by atoms with van der Waals surface area (Å²) < 4.78 is 2.32. The number of nitrogens with one attached hydrogen (secondary N) is 1. The lowest BCUT2D eigenvalue weighted by atomic mass is 9.86. The molecule has 3 nitrogen and oxygen atoms in total. The van der Waals surface area contributed by atoms with E-state index in [0.717, 1.165) is 17.9 Å². The Balaban J connectivity index is 1.70. The molecule has 0 aliphatic heterocycles. The summed E-state index contributed by atoms with van der Waals surface area (Å²) in [6, 6.07) is 1.36. The highest BCUT2D eigenvalue weighted by atomic mass is 15.2. The first-order valence-corrected chi connectivity index (χ1v) is 6.64. The fourth-order valence-electron chi connectivity index (χ4n) is 2.77. The van der Waals surface area contributed by atoms with Gasteiger partial charge < -0.3 is 9.88 Å². The maximum Gasteiger partial charge on any atom is 0.203 e. The van der Waals surface area contributed by atoms with Gasteiger partial charge in [-0.3, -0.25) is 0 Å². The average Bonchev–Trinajstić information content (AvgIpc) is 3.03. The van der Waals surface area contributed by atoms with Gasteiger partial charge in [0.1, 0.15) is 0 Å². The van der Waals surface area contributed by atoms with Crippen LogP contribution >= 0.6 is 0 Å². The molecule has 88 valence electrons. The van der Waals surface area contributed by atoms with Crippen LogP contribution < -0.4 is 5.32 Å². The largest absolute Gasteiger partial charge is 0.353 e. The van der Waals surface area contributed by atoms with Crippen LogP contribution in [0.5, 0.6) is 0 Å². The van der Waals surface area contributed by atoms with Gasteiger partial charge in [-0.25, -0.2) is 4.98 Å². The van der Waals surface area contributed by atoms with Crippen LogP contribution in [0.4, 0.5) is 5.95 Å². The van der Waals surface area contributed by atoms with Crippen molar-refractivity contribution in [2.24, 2.45) is 5.92 Å². The Bertz CT molecular complexity index is 354. The minimum absolute atomic E-state index is 0.633. The van der Waals surface area contributed by atoms with E-state index < -0.39 is 0 Å². The van der Waals surface area contributed by atoms with E-state index in [1.165, 1.54) is 38.5 Å². The Kier molecular flexibility index (Phi) is 2.62. The summed E-state index contributed by atoms with van der Waals surface area (Å²) in [5, 5.41) is 3.65. The second-order valence-electron chi connectivity index (χ2n) is 5.40. The maximum absolute atomic E-state index is 4.46. The monoisotopic (exact) mass is 219 g/mol. The van der Waals surface area contributed by atoms with E-state index in [0.29, 0.717) is 6.04 Å². The molecule has 0 aromatic carbocycles. The molecule has 3 heteroatoms. The molecule has 2 aliphatic carbocycles. The summed E-state index contributed by atoms with van der Waals surface area (Å²) in [7, 11) is 0. The number of nitrogens with zero attached hydrogens (tertiary/aromatic N) is 2. The van der Waals surface area contributed by atoms with Crippen molar-refractivity contribution in [1.82, 2.24) is 9.55 Å². The van der Waals surface area contributed by atoms with Crippen molar-refractivity contribution in [3.05, 3.63) is 12.4 Å². The van der Waals surface area contributed by atoms with Crippen molar-refractivity contribution >= 4 is 5.95 Å². The Hall–Kier alpha value is -0.990. The molecule has 3 rings (SSSR count). The first-order chi connectivity index (χ1) is 7.84. The van der Waals surface area contributed by atoms with E-state index in [2.05, 4.69) is 28.0 Å². The molecular weight excluding hydrogens is 198 g/mol. The molecule has 2 saturated carbocycles. The number of anilines is 1. The van der Waals surface area contributed by atoms with E-state index in [9.17, 15) is 0 Å². The van der Waals surface area contributed by atoms with Crippen LogP contribution in [0.25, 0.3) is 0 Å². The van der Waals surface area contributed by atoms with E-state index >= 15 is 0 Å². The maximum atomic E-state index is 4.46. The van der Waals surface area contributed by atoms with Gasteiger partial charge in [0.25, 0.3) is 0 Å². The third kappa shape index (κ3) is 1.95. The molecule has 2 atom stereocenters. The summed E-state index contributed by atoms with van der Waals surface area (Å²) >= 11 is 0. The predicted octanol–water partition coefficient (Wildman–Crippen LogP) is 3.21. The van der Waals surface area contributed by atoms with Crippen LogP contribution in [0.15, 0.2) is 12.4 Å². The number of hydrogen-bond acceptors (Lipinski definition) is 2. The van der Waals surface area contributed by atoms with Crippen molar-refractivity contribution in [3.8, 4) is 0 Å². The fourth-order valence-corrected chi connectivity index (χ4v) is 2.77. The Labute approximate surface area is 97.3 Å². The van der Waals surface area contributed by atoms with Crippen LogP contribution in [-0.4, -0.2) is 15.6 Å². The second-order valence-corrected chi connectivity index (χ2v) is 5.40. The molecule has 1 aromatic heterocycles. The van der Waals surface area contributed by atoms with E-state index in [4.69, 9.17) is 0 Å². The van der Waals surface area contributed by atoms with Crippen molar-refractivity contribution < 1.29 is 0 Å². The molecule has 1 aromatic rings. The van der Waals surface area contributed by atoms with Gasteiger partial charge in [-0.05, 0) is 31.6 Å². The molecule has 0 spiro atoms. The Morgan fingerprint density at radius 2 is 2.06 bits per heavy atom. The lowest BCUT2D eigenvalue weighted by Crippen LogP contribution is -2.31. The van der Waals surface area contributed by atoms with Gasteiger partial charge in [0.2, 0.25) is 5.95 Å². The van der Waals surface area contributed by atoms with Gasteiger partial charge in [0, 0.05) is 24.5 Å².